The highest BCUT2D eigenvalue weighted by Crippen LogP contribution is 2.24. The topological polar surface area (TPSA) is 39.7 Å². The summed E-state index contributed by atoms with van der Waals surface area (Å²) in [7, 11) is 0. The van der Waals surface area contributed by atoms with E-state index in [9.17, 15) is 0 Å². The maximum atomic E-state index is 5.77. The summed E-state index contributed by atoms with van der Waals surface area (Å²) >= 11 is 0. The lowest BCUT2D eigenvalue weighted by Crippen LogP contribution is -2.39. The van der Waals surface area contributed by atoms with Crippen LogP contribution in [0.5, 0.6) is 0 Å². The summed E-state index contributed by atoms with van der Waals surface area (Å²) in [4.78, 5) is 0. The molecule has 152 valence electrons. The van der Waals surface area contributed by atoms with Gasteiger partial charge in [-0.05, 0) is 46.7 Å². The molecule has 0 rings (SSSR count). The van der Waals surface area contributed by atoms with E-state index in [1.54, 1.807) is 0 Å². The summed E-state index contributed by atoms with van der Waals surface area (Å²) in [6.45, 7) is 12.3. The van der Waals surface area contributed by atoms with Gasteiger partial charge in [0.1, 0.15) is 0 Å². The first-order valence-corrected chi connectivity index (χ1v) is 10.9. The van der Waals surface area contributed by atoms with Crippen LogP contribution in [-0.2, 0) is 14.2 Å². The smallest absolute Gasteiger partial charge is 0.282 e. The Morgan fingerprint density at radius 2 is 0.960 bits per heavy atom. The fourth-order valence-corrected chi connectivity index (χ4v) is 3.18. The molecule has 25 heavy (non-hydrogen) atoms. The predicted octanol–water partition coefficient (Wildman–Crippen LogP) is 5.65. The molecule has 0 atom stereocenters. The van der Waals surface area contributed by atoms with Crippen molar-refractivity contribution in [2.24, 2.45) is 0 Å². The van der Waals surface area contributed by atoms with E-state index in [1.807, 2.05) is 20.8 Å². The number of rotatable bonds is 20. The number of ether oxygens (including phenoxy) is 3. The summed E-state index contributed by atoms with van der Waals surface area (Å²) in [5, 5.41) is 3.39. The molecule has 0 saturated carbocycles. The molecule has 0 aliphatic carbocycles. The number of hydrogen-bond donors (Lipinski definition) is 1. The Kier molecular flexibility index (Phi) is 18.5. The van der Waals surface area contributed by atoms with E-state index in [-0.39, 0.29) is 0 Å². The Bertz CT molecular complexity index is 245. The van der Waals surface area contributed by atoms with Crippen molar-refractivity contribution in [3.05, 3.63) is 0 Å². The molecule has 0 aromatic rings. The Balaban J connectivity index is 3.56. The molecular weight excluding hydrogens is 314 g/mol. The van der Waals surface area contributed by atoms with Gasteiger partial charge in [0, 0.05) is 26.2 Å². The van der Waals surface area contributed by atoms with Crippen LogP contribution in [0.3, 0.4) is 0 Å². The van der Waals surface area contributed by atoms with Gasteiger partial charge in [-0.3, -0.25) is 0 Å². The molecule has 0 aromatic heterocycles. The van der Waals surface area contributed by atoms with Gasteiger partial charge in [0.2, 0.25) is 0 Å². The van der Waals surface area contributed by atoms with Crippen molar-refractivity contribution < 1.29 is 14.2 Å². The minimum atomic E-state index is -0.815. The van der Waals surface area contributed by atoms with Crippen LogP contribution in [0.1, 0.15) is 98.3 Å². The summed E-state index contributed by atoms with van der Waals surface area (Å²) < 4.78 is 17.3. The molecule has 0 aromatic carbocycles. The van der Waals surface area contributed by atoms with Crippen molar-refractivity contribution in [3.8, 4) is 0 Å². The van der Waals surface area contributed by atoms with Crippen LogP contribution in [0.4, 0.5) is 0 Å². The number of unbranched alkanes of at least 4 members (excludes halogenated alkanes) is 9. The van der Waals surface area contributed by atoms with E-state index in [1.165, 1.54) is 64.3 Å². The molecule has 4 heteroatoms. The third-order valence-corrected chi connectivity index (χ3v) is 4.43. The molecule has 0 aliphatic heterocycles. The van der Waals surface area contributed by atoms with Crippen molar-refractivity contribution in [1.29, 1.82) is 0 Å². The van der Waals surface area contributed by atoms with Gasteiger partial charge in [0.15, 0.2) is 0 Å². The second kappa shape index (κ2) is 18.6. The van der Waals surface area contributed by atoms with Crippen molar-refractivity contribution >= 4 is 0 Å². The van der Waals surface area contributed by atoms with Crippen molar-refractivity contribution in [1.82, 2.24) is 5.32 Å². The lowest BCUT2D eigenvalue weighted by atomic mass is 10.1. The Morgan fingerprint density at radius 1 is 0.560 bits per heavy atom. The second-order valence-electron chi connectivity index (χ2n) is 6.62. The molecule has 4 nitrogen and oxygen atoms in total. The quantitative estimate of drug-likeness (QED) is 0.225. The minimum absolute atomic E-state index is 0.620. The van der Waals surface area contributed by atoms with Crippen molar-refractivity contribution in [3.63, 3.8) is 0 Å². The van der Waals surface area contributed by atoms with Crippen molar-refractivity contribution in [2.45, 2.75) is 104 Å². The molecule has 1 N–H and O–H groups in total. The fraction of sp³-hybridized carbons (Fsp3) is 1.00. The van der Waals surface area contributed by atoms with Crippen LogP contribution in [0.2, 0.25) is 0 Å². The van der Waals surface area contributed by atoms with E-state index < -0.39 is 5.97 Å². The molecule has 0 spiro atoms. The van der Waals surface area contributed by atoms with Gasteiger partial charge >= 0.3 is 0 Å². The van der Waals surface area contributed by atoms with Crippen LogP contribution in [0, 0.1) is 0 Å². The summed E-state index contributed by atoms with van der Waals surface area (Å²) in [5.74, 6) is -0.815. The summed E-state index contributed by atoms with van der Waals surface area (Å²) in [6, 6.07) is 0. The van der Waals surface area contributed by atoms with Crippen LogP contribution in [-0.4, -0.2) is 38.9 Å². The molecule has 0 radical (unpaired) electrons. The first-order chi connectivity index (χ1) is 12.2. The first kappa shape index (κ1) is 24.8. The number of hydrogen-bond acceptors (Lipinski definition) is 4. The summed E-state index contributed by atoms with van der Waals surface area (Å²) in [6.07, 6.45) is 14.1. The lowest BCUT2D eigenvalue weighted by molar-refractivity contribution is -0.380. The first-order valence-electron chi connectivity index (χ1n) is 10.9. The lowest BCUT2D eigenvalue weighted by Gasteiger charge is -2.32. The molecular formula is C21H45NO3. The van der Waals surface area contributed by atoms with Gasteiger partial charge < -0.3 is 19.5 Å². The third-order valence-electron chi connectivity index (χ3n) is 4.43. The van der Waals surface area contributed by atoms with E-state index >= 15 is 0 Å². The maximum absolute atomic E-state index is 5.77. The molecule has 0 heterocycles. The van der Waals surface area contributed by atoms with Gasteiger partial charge in [-0.1, -0.05) is 58.3 Å². The number of nitrogens with one attached hydrogen (secondary N) is 1. The molecule has 0 saturated heterocycles. The second-order valence-corrected chi connectivity index (χ2v) is 6.62. The van der Waals surface area contributed by atoms with Crippen molar-refractivity contribution in [2.75, 3.05) is 32.9 Å². The van der Waals surface area contributed by atoms with Gasteiger partial charge in [-0.25, -0.2) is 0 Å². The van der Waals surface area contributed by atoms with Crippen LogP contribution < -0.4 is 5.32 Å². The van der Waals surface area contributed by atoms with Gasteiger partial charge in [0.25, 0.3) is 5.97 Å². The Labute approximate surface area is 157 Å². The largest absolute Gasteiger partial charge is 0.328 e. The van der Waals surface area contributed by atoms with Gasteiger partial charge in [-0.2, -0.15) is 0 Å². The van der Waals surface area contributed by atoms with Gasteiger partial charge in [-0.15, -0.1) is 0 Å². The van der Waals surface area contributed by atoms with Crippen LogP contribution in [0.25, 0.3) is 0 Å². The highest BCUT2D eigenvalue weighted by Gasteiger charge is 2.31. The average molecular weight is 360 g/mol. The molecule has 0 fully saturated rings. The van der Waals surface area contributed by atoms with Gasteiger partial charge in [0.05, 0.1) is 0 Å². The Hall–Kier alpha value is -0.160. The molecule has 0 unspecified atom stereocenters. The predicted molar refractivity (Wildman–Crippen MR) is 107 cm³/mol. The maximum Gasteiger partial charge on any atom is 0.282 e. The monoisotopic (exact) mass is 359 g/mol. The van der Waals surface area contributed by atoms with E-state index in [0.717, 1.165) is 19.4 Å². The normalized spacial score (nSPS) is 12.0. The average Bonchev–Trinajstić information content (AvgIpc) is 2.60. The molecule has 0 aliphatic rings. The Morgan fingerprint density at radius 3 is 1.36 bits per heavy atom. The van der Waals surface area contributed by atoms with Crippen LogP contribution >= 0.6 is 0 Å². The highest BCUT2D eigenvalue weighted by molar-refractivity contribution is 4.59. The fourth-order valence-electron chi connectivity index (χ4n) is 3.18. The zero-order valence-electron chi connectivity index (χ0n) is 17.5. The third kappa shape index (κ3) is 14.7. The summed E-state index contributed by atoms with van der Waals surface area (Å²) in [5.41, 5.74) is 0. The van der Waals surface area contributed by atoms with E-state index in [0.29, 0.717) is 19.8 Å². The highest BCUT2D eigenvalue weighted by atomic mass is 16.9. The molecule has 0 bridgehead atoms. The van der Waals surface area contributed by atoms with Crippen LogP contribution in [0.15, 0.2) is 0 Å². The molecule has 0 amide bonds. The zero-order chi connectivity index (χ0) is 18.6. The SMILES string of the molecule is CCNCCCCCCCCCCCCC(OCC)(OCC)OCC. The van der Waals surface area contributed by atoms with E-state index in [2.05, 4.69) is 12.2 Å². The van der Waals surface area contributed by atoms with E-state index in [4.69, 9.17) is 14.2 Å². The standard InChI is InChI=1S/C21H45NO3/c1-5-22-20-18-16-14-12-10-9-11-13-15-17-19-21(23-6-2,24-7-3)25-8-4/h22H,5-20H2,1-4H3. The zero-order valence-corrected chi connectivity index (χ0v) is 17.5. The minimum Gasteiger partial charge on any atom is -0.328 e.